The van der Waals surface area contributed by atoms with Crippen LogP contribution in [0.15, 0.2) is 36.4 Å². The number of hydrogen-bond donors (Lipinski definition) is 5. The van der Waals surface area contributed by atoms with Crippen LogP contribution < -0.4 is 38.1 Å². The maximum atomic E-state index is 6.21. The summed E-state index contributed by atoms with van der Waals surface area (Å²) in [5.74, 6) is 1.53. The maximum Gasteiger partial charge on any atom is 0.175 e. The van der Waals surface area contributed by atoms with Gasteiger partial charge in [-0.3, -0.25) is 0 Å². The predicted molar refractivity (Wildman–Crippen MR) is 117 cm³/mol. The number of hydrogen-bond acceptors (Lipinski definition) is 9. The van der Waals surface area contributed by atoms with Gasteiger partial charge in [0, 0.05) is 62.1 Å². The standard InChI is InChI=1S/C20H31N9/c21-13-6-14(22)10-28(9-13)19-8-18(25-17-4-2-1-3-5-17)20(27-26-19)29-11-15(23)7-16(24)12-29/h1-5,8,13-16H,6-7,9-12,21-24H2,(H,25,26). The predicted octanol–water partition coefficient (Wildman–Crippen LogP) is -0.0504. The van der Waals surface area contributed by atoms with E-state index in [2.05, 4.69) is 25.3 Å². The lowest BCUT2D eigenvalue weighted by Gasteiger charge is -2.37. The van der Waals surface area contributed by atoms with Crippen LogP contribution in [0, 0.1) is 0 Å². The van der Waals surface area contributed by atoms with Gasteiger partial charge in [0.25, 0.3) is 0 Å². The highest BCUT2D eigenvalue weighted by Crippen LogP contribution is 2.31. The van der Waals surface area contributed by atoms with Gasteiger partial charge in [0.15, 0.2) is 11.6 Å². The molecule has 0 saturated carbocycles. The van der Waals surface area contributed by atoms with E-state index in [1.165, 1.54) is 0 Å². The second-order valence-corrected chi connectivity index (χ2v) is 8.25. The van der Waals surface area contributed by atoms with Crippen molar-refractivity contribution in [3.05, 3.63) is 36.4 Å². The zero-order valence-electron chi connectivity index (χ0n) is 16.6. The lowest BCUT2D eigenvalue weighted by molar-refractivity contribution is 0.445. The van der Waals surface area contributed by atoms with Crippen molar-refractivity contribution in [2.75, 3.05) is 41.3 Å². The van der Waals surface area contributed by atoms with Crippen molar-refractivity contribution in [3.63, 3.8) is 0 Å². The highest BCUT2D eigenvalue weighted by molar-refractivity contribution is 5.74. The van der Waals surface area contributed by atoms with Crippen LogP contribution in [-0.4, -0.2) is 60.5 Å². The molecular formula is C20H31N9. The van der Waals surface area contributed by atoms with Gasteiger partial charge >= 0.3 is 0 Å². The average molecular weight is 398 g/mol. The summed E-state index contributed by atoms with van der Waals surface area (Å²) in [4.78, 5) is 4.23. The lowest BCUT2D eigenvalue weighted by Crippen LogP contribution is -2.53. The Morgan fingerprint density at radius 1 is 0.759 bits per heavy atom. The summed E-state index contributed by atoms with van der Waals surface area (Å²) >= 11 is 0. The summed E-state index contributed by atoms with van der Waals surface area (Å²) in [6, 6.07) is 12.1. The normalized spacial score (nSPS) is 27.7. The molecule has 4 unspecified atom stereocenters. The second-order valence-electron chi connectivity index (χ2n) is 8.25. The van der Waals surface area contributed by atoms with E-state index in [0.717, 1.165) is 35.9 Å². The molecule has 2 aliphatic rings. The highest BCUT2D eigenvalue weighted by atomic mass is 15.3. The molecule has 9 nitrogen and oxygen atoms in total. The molecule has 9 heteroatoms. The number of piperidine rings is 2. The Bertz CT molecular complexity index is 795. The third-order valence-corrected chi connectivity index (χ3v) is 5.47. The van der Waals surface area contributed by atoms with Crippen LogP contribution >= 0.6 is 0 Å². The molecule has 4 rings (SSSR count). The molecular weight excluding hydrogens is 366 g/mol. The molecule has 0 radical (unpaired) electrons. The molecule has 1 aromatic carbocycles. The minimum atomic E-state index is 0.0166. The van der Waals surface area contributed by atoms with Crippen LogP contribution in [-0.2, 0) is 0 Å². The Balaban J connectivity index is 1.66. The Morgan fingerprint density at radius 3 is 1.90 bits per heavy atom. The first-order valence-corrected chi connectivity index (χ1v) is 10.2. The fraction of sp³-hybridized carbons (Fsp3) is 0.500. The molecule has 4 atom stereocenters. The quantitative estimate of drug-likeness (QED) is 0.479. The fourth-order valence-electron chi connectivity index (χ4n) is 4.25. The minimum Gasteiger partial charge on any atom is -0.352 e. The number of anilines is 4. The van der Waals surface area contributed by atoms with Crippen LogP contribution in [0.25, 0.3) is 0 Å². The van der Waals surface area contributed by atoms with Crippen molar-refractivity contribution >= 4 is 23.0 Å². The molecule has 0 spiro atoms. The molecule has 3 heterocycles. The summed E-state index contributed by atoms with van der Waals surface area (Å²) in [5.41, 5.74) is 26.6. The minimum absolute atomic E-state index is 0.0166. The molecule has 0 amide bonds. The number of para-hydroxylation sites is 1. The first-order chi connectivity index (χ1) is 14.0. The zero-order valence-corrected chi connectivity index (χ0v) is 16.6. The molecule has 9 N–H and O–H groups in total. The maximum absolute atomic E-state index is 6.21. The second kappa shape index (κ2) is 8.50. The van der Waals surface area contributed by atoms with Crippen LogP contribution in [0.4, 0.5) is 23.0 Å². The molecule has 2 saturated heterocycles. The number of nitrogens with zero attached hydrogens (tertiary/aromatic N) is 4. The lowest BCUT2D eigenvalue weighted by atomic mass is 10.0. The Kier molecular flexibility index (Phi) is 5.81. The van der Waals surface area contributed by atoms with E-state index >= 15 is 0 Å². The summed E-state index contributed by atoms with van der Waals surface area (Å²) in [6.45, 7) is 2.83. The molecule has 1 aromatic heterocycles. The molecule has 29 heavy (non-hydrogen) atoms. The first-order valence-electron chi connectivity index (χ1n) is 10.2. The highest BCUT2D eigenvalue weighted by Gasteiger charge is 2.28. The number of nitrogens with two attached hydrogens (primary N) is 4. The largest absolute Gasteiger partial charge is 0.352 e. The molecule has 156 valence electrons. The molecule has 0 aliphatic carbocycles. The van der Waals surface area contributed by atoms with Crippen molar-refractivity contribution in [3.8, 4) is 0 Å². The third-order valence-electron chi connectivity index (χ3n) is 5.47. The van der Waals surface area contributed by atoms with Gasteiger partial charge in [0.1, 0.15) is 0 Å². The Hall–Kier alpha value is -2.46. The van der Waals surface area contributed by atoms with Gasteiger partial charge in [0.2, 0.25) is 0 Å². The number of aromatic nitrogens is 2. The summed E-state index contributed by atoms with van der Waals surface area (Å²) in [6.07, 6.45) is 1.63. The van der Waals surface area contributed by atoms with E-state index in [9.17, 15) is 0 Å². The van der Waals surface area contributed by atoms with Crippen LogP contribution in [0.1, 0.15) is 12.8 Å². The summed E-state index contributed by atoms with van der Waals surface area (Å²) in [5, 5.41) is 12.6. The fourth-order valence-corrected chi connectivity index (χ4v) is 4.25. The van der Waals surface area contributed by atoms with Gasteiger partial charge in [-0.2, -0.15) is 0 Å². The van der Waals surface area contributed by atoms with Crippen molar-refractivity contribution in [1.82, 2.24) is 10.2 Å². The van der Waals surface area contributed by atoms with E-state index in [1.807, 2.05) is 36.4 Å². The molecule has 2 aromatic rings. The van der Waals surface area contributed by atoms with Gasteiger partial charge in [-0.1, -0.05) is 18.2 Å². The number of rotatable bonds is 4. The van der Waals surface area contributed by atoms with E-state index < -0.39 is 0 Å². The van der Waals surface area contributed by atoms with Gasteiger partial charge < -0.3 is 38.1 Å². The summed E-state index contributed by atoms with van der Waals surface area (Å²) in [7, 11) is 0. The van der Waals surface area contributed by atoms with Crippen LogP contribution in [0.2, 0.25) is 0 Å². The first kappa shape index (κ1) is 19.8. The molecule has 0 bridgehead atoms. The zero-order chi connectivity index (χ0) is 20.4. The van der Waals surface area contributed by atoms with Crippen LogP contribution in [0.5, 0.6) is 0 Å². The van der Waals surface area contributed by atoms with E-state index in [0.29, 0.717) is 26.2 Å². The molecule has 2 fully saturated rings. The van der Waals surface area contributed by atoms with E-state index in [-0.39, 0.29) is 24.2 Å². The van der Waals surface area contributed by atoms with E-state index in [4.69, 9.17) is 22.9 Å². The molecule has 2 aliphatic heterocycles. The smallest absolute Gasteiger partial charge is 0.175 e. The Labute approximate surface area is 171 Å². The van der Waals surface area contributed by atoms with Gasteiger partial charge in [0.05, 0.1) is 5.69 Å². The SMILES string of the molecule is NC1CC(N)CN(c2cc(Nc3ccccc3)c(N3CC(N)CC(N)C3)nn2)C1. The number of nitrogens with one attached hydrogen (secondary N) is 1. The monoisotopic (exact) mass is 397 g/mol. The summed E-state index contributed by atoms with van der Waals surface area (Å²) < 4.78 is 0. The Morgan fingerprint density at radius 2 is 1.31 bits per heavy atom. The van der Waals surface area contributed by atoms with Gasteiger partial charge in [-0.05, 0) is 25.0 Å². The van der Waals surface area contributed by atoms with E-state index in [1.54, 1.807) is 0 Å². The van der Waals surface area contributed by atoms with Crippen molar-refractivity contribution < 1.29 is 0 Å². The topological polar surface area (TPSA) is 148 Å². The van der Waals surface area contributed by atoms with Crippen LogP contribution in [0.3, 0.4) is 0 Å². The van der Waals surface area contributed by atoms with Crippen molar-refractivity contribution in [2.24, 2.45) is 22.9 Å². The number of benzene rings is 1. The van der Waals surface area contributed by atoms with Crippen molar-refractivity contribution in [2.45, 2.75) is 37.0 Å². The van der Waals surface area contributed by atoms with Crippen molar-refractivity contribution in [1.29, 1.82) is 0 Å². The average Bonchev–Trinajstić information content (AvgIpc) is 2.67. The van der Waals surface area contributed by atoms with Gasteiger partial charge in [-0.25, -0.2) is 0 Å². The third kappa shape index (κ3) is 4.76. The van der Waals surface area contributed by atoms with Gasteiger partial charge in [-0.15, -0.1) is 10.2 Å².